The van der Waals surface area contributed by atoms with Crippen molar-refractivity contribution in [2.24, 2.45) is 0 Å². The molecule has 0 aliphatic rings. The predicted molar refractivity (Wildman–Crippen MR) is 50.3 cm³/mol. The smallest absolute Gasteiger partial charge is 0.0853 e. The van der Waals surface area contributed by atoms with E-state index in [9.17, 15) is 0 Å². The van der Waals surface area contributed by atoms with Gasteiger partial charge in [-0.3, -0.25) is 4.98 Å². The van der Waals surface area contributed by atoms with E-state index in [-0.39, 0.29) is 6.61 Å². The van der Waals surface area contributed by atoms with E-state index >= 15 is 0 Å². The molecule has 0 aromatic carbocycles. The Kier molecular flexibility index (Phi) is 3.39. The van der Waals surface area contributed by atoms with Crippen LogP contribution in [-0.2, 0) is 18.0 Å². The molecule has 1 rings (SSSR count). The Hall–Kier alpha value is -0.930. The Morgan fingerprint density at radius 1 is 1.46 bits per heavy atom. The summed E-state index contributed by atoms with van der Waals surface area (Å²) >= 11 is 0. The first-order valence-corrected chi connectivity index (χ1v) is 4.24. The van der Waals surface area contributed by atoms with E-state index in [0.29, 0.717) is 12.3 Å². The summed E-state index contributed by atoms with van der Waals surface area (Å²) < 4.78 is 5.05. The van der Waals surface area contributed by atoms with Gasteiger partial charge in [-0.2, -0.15) is 0 Å². The topological polar surface area (TPSA) is 42.4 Å². The Balaban J connectivity index is 3.09. The Labute approximate surface area is 78.4 Å². The van der Waals surface area contributed by atoms with Crippen molar-refractivity contribution >= 4 is 0 Å². The molecule has 1 heterocycles. The monoisotopic (exact) mass is 181 g/mol. The van der Waals surface area contributed by atoms with E-state index in [4.69, 9.17) is 9.84 Å². The average molecular weight is 181 g/mol. The third kappa shape index (κ3) is 2.26. The summed E-state index contributed by atoms with van der Waals surface area (Å²) in [5.41, 5.74) is 3.90. The lowest BCUT2D eigenvalue weighted by atomic mass is 10.1. The van der Waals surface area contributed by atoms with Crippen LogP contribution >= 0.6 is 0 Å². The predicted octanol–water partition coefficient (Wildman–Crippen LogP) is 1.34. The standard InChI is InChI=1S/C10H15NO2/c1-7-8(2)11-10(5-12)4-9(7)6-13-3/h4,12H,5-6H2,1-3H3. The van der Waals surface area contributed by atoms with Crippen LogP contribution in [0.2, 0.25) is 0 Å². The third-order valence-corrected chi connectivity index (χ3v) is 2.14. The Morgan fingerprint density at radius 2 is 2.15 bits per heavy atom. The van der Waals surface area contributed by atoms with Crippen molar-refractivity contribution in [2.45, 2.75) is 27.1 Å². The van der Waals surface area contributed by atoms with Crippen LogP contribution < -0.4 is 0 Å². The molecular weight excluding hydrogens is 166 g/mol. The maximum absolute atomic E-state index is 8.94. The van der Waals surface area contributed by atoms with Crippen molar-refractivity contribution in [2.75, 3.05) is 7.11 Å². The van der Waals surface area contributed by atoms with E-state index in [1.807, 2.05) is 19.9 Å². The van der Waals surface area contributed by atoms with Gasteiger partial charge >= 0.3 is 0 Å². The molecule has 0 amide bonds. The summed E-state index contributed by atoms with van der Waals surface area (Å²) in [6.45, 7) is 4.51. The van der Waals surface area contributed by atoms with E-state index in [0.717, 1.165) is 16.8 Å². The van der Waals surface area contributed by atoms with Crippen molar-refractivity contribution < 1.29 is 9.84 Å². The van der Waals surface area contributed by atoms with E-state index in [2.05, 4.69) is 4.98 Å². The highest BCUT2D eigenvalue weighted by molar-refractivity contribution is 5.30. The van der Waals surface area contributed by atoms with Gasteiger partial charge in [0.05, 0.1) is 18.9 Å². The zero-order valence-electron chi connectivity index (χ0n) is 8.29. The van der Waals surface area contributed by atoms with Gasteiger partial charge in [-0.1, -0.05) is 0 Å². The summed E-state index contributed by atoms with van der Waals surface area (Å²) in [5.74, 6) is 0. The number of hydrogen-bond acceptors (Lipinski definition) is 3. The first-order chi connectivity index (χ1) is 6.19. The summed E-state index contributed by atoms with van der Waals surface area (Å²) in [6, 6.07) is 1.88. The highest BCUT2D eigenvalue weighted by Crippen LogP contribution is 2.13. The number of nitrogens with zero attached hydrogens (tertiary/aromatic N) is 1. The van der Waals surface area contributed by atoms with Gasteiger partial charge in [-0.15, -0.1) is 0 Å². The molecule has 1 aromatic rings. The molecule has 72 valence electrons. The Bertz CT molecular complexity index is 297. The van der Waals surface area contributed by atoms with E-state index in [1.165, 1.54) is 0 Å². The molecule has 3 heteroatoms. The molecule has 0 saturated heterocycles. The molecule has 0 aliphatic heterocycles. The normalized spacial score (nSPS) is 10.5. The minimum Gasteiger partial charge on any atom is -0.390 e. The number of pyridine rings is 1. The largest absolute Gasteiger partial charge is 0.390 e. The van der Waals surface area contributed by atoms with Gasteiger partial charge in [0.25, 0.3) is 0 Å². The van der Waals surface area contributed by atoms with E-state index in [1.54, 1.807) is 7.11 Å². The summed E-state index contributed by atoms with van der Waals surface area (Å²) in [4.78, 5) is 4.23. The maximum atomic E-state index is 8.94. The van der Waals surface area contributed by atoms with Crippen molar-refractivity contribution in [1.29, 1.82) is 0 Å². The molecule has 0 radical (unpaired) electrons. The molecular formula is C10H15NO2. The third-order valence-electron chi connectivity index (χ3n) is 2.14. The first kappa shape index (κ1) is 10.2. The molecule has 0 fully saturated rings. The zero-order chi connectivity index (χ0) is 9.84. The molecule has 0 aliphatic carbocycles. The number of methoxy groups -OCH3 is 1. The molecule has 1 aromatic heterocycles. The molecule has 0 bridgehead atoms. The quantitative estimate of drug-likeness (QED) is 0.765. The number of aromatic nitrogens is 1. The lowest BCUT2D eigenvalue weighted by Gasteiger charge is -2.09. The fraction of sp³-hybridized carbons (Fsp3) is 0.500. The van der Waals surface area contributed by atoms with Gasteiger partial charge in [-0.05, 0) is 31.0 Å². The minimum absolute atomic E-state index is 0.0160. The molecule has 0 saturated carbocycles. The molecule has 13 heavy (non-hydrogen) atoms. The van der Waals surface area contributed by atoms with Crippen LogP contribution in [0.4, 0.5) is 0 Å². The number of aliphatic hydroxyl groups excluding tert-OH is 1. The lowest BCUT2D eigenvalue weighted by molar-refractivity contribution is 0.184. The molecule has 0 unspecified atom stereocenters. The van der Waals surface area contributed by atoms with Gasteiger partial charge in [-0.25, -0.2) is 0 Å². The first-order valence-electron chi connectivity index (χ1n) is 4.24. The van der Waals surface area contributed by atoms with Crippen molar-refractivity contribution in [1.82, 2.24) is 4.98 Å². The minimum atomic E-state index is -0.0160. The van der Waals surface area contributed by atoms with Crippen LogP contribution in [0, 0.1) is 13.8 Å². The fourth-order valence-corrected chi connectivity index (χ4v) is 1.26. The lowest BCUT2D eigenvalue weighted by Crippen LogP contribution is -2.01. The van der Waals surface area contributed by atoms with Gasteiger partial charge < -0.3 is 9.84 Å². The van der Waals surface area contributed by atoms with Crippen molar-refractivity contribution in [3.05, 3.63) is 28.6 Å². The van der Waals surface area contributed by atoms with Gasteiger partial charge in [0.1, 0.15) is 0 Å². The molecule has 0 spiro atoms. The molecule has 3 nitrogen and oxygen atoms in total. The highest BCUT2D eigenvalue weighted by atomic mass is 16.5. The van der Waals surface area contributed by atoms with Crippen LogP contribution in [0.25, 0.3) is 0 Å². The Morgan fingerprint density at radius 3 is 2.69 bits per heavy atom. The number of ether oxygens (including phenoxy) is 1. The zero-order valence-corrected chi connectivity index (χ0v) is 8.29. The number of aryl methyl sites for hydroxylation is 1. The highest BCUT2D eigenvalue weighted by Gasteiger charge is 2.04. The number of hydrogen-bond donors (Lipinski definition) is 1. The average Bonchev–Trinajstić information content (AvgIpc) is 2.13. The number of aliphatic hydroxyl groups is 1. The number of rotatable bonds is 3. The second-order valence-electron chi connectivity index (χ2n) is 3.07. The maximum Gasteiger partial charge on any atom is 0.0853 e. The fourth-order valence-electron chi connectivity index (χ4n) is 1.26. The second kappa shape index (κ2) is 4.35. The summed E-state index contributed by atoms with van der Waals surface area (Å²) in [5, 5.41) is 8.94. The second-order valence-corrected chi connectivity index (χ2v) is 3.07. The van der Waals surface area contributed by atoms with Crippen LogP contribution in [0.15, 0.2) is 6.07 Å². The van der Waals surface area contributed by atoms with E-state index < -0.39 is 0 Å². The van der Waals surface area contributed by atoms with Crippen LogP contribution in [-0.4, -0.2) is 17.2 Å². The van der Waals surface area contributed by atoms with Gasteiger partial charge in [0.2, 0.25) is 0 Å². The summed E-state index contributed by atoms with van der Waals surface area (Å²) in [7, 11) is 1.66. The van der Waals surface area contributed by atoms with Crippen molar-refractivity contribution in [3.63, 3.8) is 0 Å². The SMILES string of the molecule is COCc1cc(CO)nc(C)c1C. The van der Waals surface area contributed by atoms with Gasteiger partial charge in [0.15, 0.2) is 0 Å². The van der Waals surface area contributed by atoms with Crippen LogP contribution in [0.3, 0.4) is 0 Å². The van der Waals surface area contributed by atoms with Gasteiger partial charge in [0, 0.05) is 12.8 Å². The van der Waals surface area contributed by atoms with Crippen LogP contribution in [0.5, 0.6) is 0 Å². The summed E-state index contributed by atoms with van der Waals surface area (Å²) in [6.07, 6.45) is 0. The van der Waals surface area contributed by atoms with Crippen molar-refractivity contribution in [3.8, 4) is 0 Å². The van der Waals surface area contributed by atoms with Crippen LogP contribution in [0.1, 0.15) is 22.5 Å². The molecule has 0 atom stereocenters. The molecule has 1 N–H and O–H groups in total.